The molecule has 3 heterocycles. The van der Waals surface area contributed by atoms with Crippen LogP contribution in [0, 0.1) is 0 Å². The molecule has 1 unspecified atom stereocenters. The summed E-state index contributed by atoms with van der Waals surface area (Å²) in [5, 5.41) is 8.82. The van der Waals surface area contributed by atoms with Crippen molar-refractivity contribution in [2.45, 2.75) is 18.9 Å². The third-order valence-electron chi connectivity index (χ3n) is 3.61. The number of carbonyl (C=O) groups is 2. The summed E-state index contributed by atoms with van der Waals surface area (Å²) in [6.07, 6.45) is 4.68. The lowest BCUT2D eigenvalue weighted by atomic mass is 10.1. The van der Waals surface area contributed by atoms with Crippen LogP contribution in [-0.4, -0.2) is 33.4 Å². The Morgan fingerprint density at radius 3 is 2.81 bits per heavy atom. The first-order chi connectivity index (χ1) is 10.2. The molecule has 0 saturated carbocycles. The molecular weight excluding hydrogens is 272 g/mol. The number of likely N-dealkylation sites (tertiary alicyclic amines) is 1. The number of hydrogen-bond acceptors (Lipinski definition) is 4. The van der Waals surface area contributed by atoms with Gasteiger partial charge in [-0.15, -0.1) is 0 Å². The predicted molar refractivity (Wildman–Crippen MR) is 72.9 cm³/mol. The van der Waals surface area contributed by atoms with Crippen molar-refractivity contribution < 1.29 is 19.1 Å². The fourth-order valence-corrected chi connectivity index (χ4v) is 2.60. The summed E-state index contributed by atoms with van der Waals surface area (Å²) in [5.74, 6) is -0.488. The van der Waals surface area contributed by atoms with Crippen molar-refractivity contribution >= 4 is 11.9 Å². The number of nitrogens with zero attached hydrogens (tertiary/aromatic N) is 2. The third kappa shape index (κ3) is 2.52. The van der Waals surface area contributed by atoms with Gasteiger partial charge in [0.2, 0.25) is 0 Å². The molecule has 0 aromatic carbocycles. The molecule has 21 heavy (non-hydrogen) atoms. The first kappa shape index (κ1) is 13.4. The number of amides is 1. The Morgan fingerprint density at radius 2 is 2.19 bits per heavy atom. The van der Waals surface area contributed by atoms with Crippen LogP contribution < -0.4 is 0 Å². The van der Waals surface area contributed by atoms with Gasteiger partial charge in [-0.05, 0) is 37.1 Å². The quantitative estimate of drug-likeness (QED) is 0.936. The summed E-state index contributed by atoms with van der Waals surface area (Å²) in [6, 6.07) is 6.44. The zero-order valence-corrected chi connectivity index (χ0v) is 11.2. The zero-order chi connectivity index (χ0) is 14.8. The van der Waals surface area contributed by atoms with E-state index in [9.17, 15) is 9.59 Å². The molecule has 0 spiro atoms. The molecule has 0 bridgehead atoms. The van der Waals surface area contributed by atoms with Crippen LogP contribution in [0.1, 0.15) is 45.5 Å². The van der Waals surface area contributed by atoms with Crippen LogP contribution in [-0.2, 0) is 0 Å². The summed E-state index contributed by atoms with van der Waals surface area (Å²) in [7, 11) is 0. The Labute approximate surface area is 121 Å². The van der Waals surface area contributed by atoms with Crippen molar-refractivity contribution in [3.05, 3.63) is 53.7 Å². The van der Waals surface area contributed by atoms with Gasteiger partial charge in [-0.3, -0.25) is 4.79 Å². The van der Waals surface area contributed by atoms with E-state index in [4.69, 9.17) is 9.52 Å². The number of hydrogen-bond donors (Lipinski definition) is 1. The van der Waals surface area contributed by atoms with E-state index >= 15 is 0 Å². The van der Waals surface area contributed by atoms with E-state index in [0.717, 1.165) is 18.6 Å². The summed E-state index contributed by atoms with van der Waals surface area (Å²) < 4.78 is 5.40. The largest absolute Gasteiger partial charge is 0.477 e. The van der Waals surface area contributed by atoms with Gasteiger partial charge in [0.05, 0.1) is 17.9 Å². The van der Waals surface area contributed by atoms with Crippen LogP contribution in [0.4, 0.5) is 0 Å². The molecule has 6 heteroatoms. The second-order valence-electron chi connectivity index (χ2n) is 4.91. The molecule has 1 atom stereocenters. The van der Waals surface area contributed by atoms with Crippen LogP contribution in [0.15, 0.2) is 41.1 Å². The number of aromatic nitrogens is 1. The van der Waals surface area contributed by atoms with Gasteiger partial charge in [0, 0.05) is 12.7 Å². The van der Waals surface area contributed by atoms with E-state index in [2.05, 4.69) is 4.98 Å². The number of carbonyl (C=O) groups excluding carboxylic acids is 1. The maximum absolute atomic E-state index is 12.5. The molecule has 1 amide bonds. The van der Waals surface area contributed by atoms with E-state index in [1.165, 1.54) is 18.3 Å². The van der Waals surface area contributed by atoms with Crippen molar-refractivity contribution in [1.82, 2.24) is 9.88 Å². The maximum Gasteiger partial charge on any atom is 0.354 e. The second-order valence-corrected chi connectivity index (χ2v) is 4.91. The number of rotatable bonds is 3. The summed E-state index contributed by atoms with van der Waals surface area (Å²) >= 11 is 0. The monoisotopic (exact) mass is 286 g/mol. The van der Waals surface area contributed by atoms with Gasteiger partial charge in [0.1, 0.15) is 11.5 Å². The fourth-order valence-electron chi connectivity index (χ4n) is 2.60. The Hall–Kier alpha value is -2.63. The van der Waals surface area contributed by atoms with Crippen LogP contribution in [0.2, 0.25) is 0 Å². The summed E-state index contributed by atoms with van der Waals surface area (Å²) in [5.41, 5.74) is 0.314. The van der Waals surface area contributed by atoms with Gasteiger partial charge in [-0.2, -0.15) is 0 Å². The molecule has 108 valence electrons. The van der Waals surface area contributed by atoms with Crippen molar-refractivity contribution in [2.24, 2.45) is 0 Å². The lowest BCUT2D eigenvalue weighted by molar-refractivity contribution is 0.0684. The standard InChI is InChI=1S/C15H14N2O4/c18-14(10-5-6-11(15(19)20)16-9-10)17-7-1-3-12(17)13-4-2-8-21-13/h2,4-6,8-9,12H,1,3,7H2,(H,19,20). The highest BCUT2D eigenvalue weighted by molar-refractivity contribution is 5.95. The second kappa shape index (κ2) is 5.40. The number of aromatic carboxylic acids is 1. The van der Waals surface area contributed by atoms with Gasteiger partial charge in [0.25, 0.3) is 5.91 Å². The van der Waals surface area contributed by atoms with Gasteiger partial charge in [-0.25, -0.2) is 9.78 Å². The topological polar surface area (TPSA) is 83.6 Å². The van der Waals surface area contributed by atoms with Gasteiger partial charge >= 0.3 is 5.97 Å². The number of pyridine rings is 1. The Kier molecular flexibility index (Phi) is 3.43. The van der Waals surface area contributed by atoms with E-state index in [1.54, 1.807) is 17.2 Å². The summed E-state index contributed by atoms with van der Waals surface area (Å²) in [4.78, 5) is 28.8. The van der Waals surface area contributed by atoms with Crippen molar-refractivity contribution in [1.29, 1.82) is 0 Å². The molecule has 6 nitrogen and oxygen atoms in total. The molecule has 2 aromatic rings. The molecule has 1 saturated heterocycles. The average molecular weight is 286 g/mol. The Balaban J connectivity index is 1.82. The summed E-state index contributed by atoms with van der Waals surface area (Å²) in [6.45, 7) is 0.658. The lowest BCUT2D eigenvalue weighted by Crippen LogP contribution is -2.30. The van der Waals surface area contributed by atoms with E-state index in [1.807, 2.05) is 6.07 Å². The predicted octanol–water partition coefficient (Wildman–Crippen LogP) is 2.35. The Bertz CT molecular complexity index is 649. The van der Waals surface area contributed by atoms with Crippen molar-refractivity contribution in [3.8, 4) is 0 Å². The fraction of sp³-hybridized carbons (Fsp3) is 0.267. The molecule has 2 aromatic heterocycles. The third-order valence-corrected chi connectivity index (χ3v) is 3.61. The molecule has 1 fully saturated rings. The van der Waals surface area contributed by atoms with E-state index < -0.39 is 5.97 Å². The van der Waals surface area contributed by atoms with Crippen molar-refractivity contribution in [2.75, 3.05) is 6.54 Å². The average Bonchev–Trinajstić information content (AvgIpc) is 3.17. The lowest BCUT2D eigenvalue weighted by Gasteiger charge is -2.23. The first-order valence-electron chi connectivity index (χ1n) is 6.70. The molecule has 1 aliphatic rings. The highest BCUT2D eigenvalue weighted by atomic mass is 16.4. The highest BCUT2D eigenvalue weighted by Gasteiger charge is 2.32. The smallest absolute Gasteiger partial charge is 0.354 e. The minimum Gasteiger partial charge on any atom is -0.477 e. The van der Waals surface area contributed by atoms with Crippen molar-refractivity contribution in [3.63, 3.8) is 0 Å². The van der Waals surface area contributed by atoms with Crippen LogP contribution >= 0.6 is 0 Å². The molecular formula is C15H14N2O4. The number of furan rings is 1. The highest BCUT2D eigenvalue weighted by Crippen LogP contribution is 2.33. The Morgan fingerprint density at radius 1 is 1.33 bits per heavy atom. The van der Waals surface area contributed by atoms with Crippen LogP contribution in [0.3, 0.4) is 0 Å². The molecule has 1 N–H and O–H groups in total. The molecule has 0 radical (unpaired) electrons. The van der Waals surface area contributed by atoms with Gasteiger partial charge in [-0.1, -0.05) is 0 Å². The van der Waals surface area contributed by atoms with Gasteiger partial charge in [0.15, 0.2) is 0 Å². The minimum absolute atomic E-state index is 0.0633. The van der Waals surface area contributed by atoms with Crippen LogP contribution in [0.25, 0.3) is 0 Å². The molecule has 3 rings (SSSR count). The van der Waals surface area contributed by atoms with Crippen LogP contribution in [0.5, 0.6) is 0 Å². The van der Waals surface area contributed by atoms with E-state index in [-0.39, 0.29) is 17.6 Å². The molecule has 1 aliphatic heterocycles. The number of carboxylic acid groups (broad SMARTS) is 1. The number of carboxylic acids is 1. The van der Waals surface area contributed by atoms with Gasteiger partial charge < -0.3 is 14.4 Å². The maximum atomic E-state index is 12.5. The zero-order valence-electron chi connectivity index (χ0n) is 11.2. The van der Waals surface area contributed by atoms with E-state index in [0.29, 0.717) is 12.1 Å². The normalized spacial score (nSPS) is 17.9. The SMILES string of the molecule is O=C(O)c1ccc(C(=O)N2CCCC2c2ccco2)cn1. The minimum atomic E-state index is -1.11. The molecule has 0 aliphatic carbocycles. The first-order valence-corrected chi connectivity index (χ1v) is 6.70.